The minimum absolute atomic E-state index is 0.0649. The van der Waals surface area contributed by atoms with Crippen LogP contribution in [-0.2, 0) is 4.79 Å². The van der Waals surface area contributed by atoms with Crippen molar-refractivity contribution in [2.24, 2.45) is 0 Å². The molecule has 18 heavy (non-hydrogen) atoms. The molecule has 0 radical (unpaired) electrons. The van der Waals surface area contributed by atoms with Gasteiger partial charge in [0.2, 0.25) is 5.91 Å². The Hall–Kier alpha value is -1.47. The molecule has 2 heterocycles. The number of thiazole rings is 1. The van der Waals surface area contributed by atoms with Crippen molar-refractivity contribution < 1.29 is 4.79 Å². The third kappa shape index (κ3) is 3.51. The average Bonchev–Trinajstić information content (AvgIpc) is 2.90. The molecule has 0 fully saturated rings. The molecule has 1 N–H and O–H groups in total. The van der Waals surface area contributed by atoms with Crippen LogP contribution < -0.4 is 5.32 Å². The number of hydrogen-bond acceptors (Lipinski definition) is 6. The summed E-state index contributed by atoms with van der Waals surface area (Å²) in [4.78, 5) is 24.3. The third-order valence-corrected chi connectivity index (χ3v) is 4.06. The van der Waals surface area contributed by atoms with E-state index in [1.54, 1.807) is 24.7 Å². The monoisotopic (exact) mass is 280 g/mol. The zero-order valence-electron chi connectivity index (χ0n) is 9.74. The molecule has 1 unspecified atom stereocenters. The van der Waals surface area contributed by atoms with Crippen LogP contribution in [0, 0.1) is 0 Å². The molecule has 0 spiro atoms. The van der Waals surface area contributed by atoms with E-state index in [0.717, 1.165) is 0 Å². The maximum absolute atomic E-state index is 12.0. The average molecular weight is 280 g/mol. The van der Waals surface area contributed by atoms with E-state index in [1.807, 2.05) is 12.3 Å². The van der Waals surface area contributed by atoms with Gasteiger partial charge in [0.25, 0.3) is 0 Å². The standard InChI is InChI=1S/C11H12N4OS2/c1-2-8(18-10-12-4-3-5-13-10)9(16)15-11-14-6-7-17-11/h3-8H,2H2,1H3,(H,14,15,16). The summed E-state index contributed by atoms with van der Waals surface area (Å²) in [5.41, 5.74) is 0. The van der Waals surface area contributed by atoms with E-state index in [2.05, 4.69) is 20.3 Å². The predicted molar refractivity (Wildman–Crippen MR) is 72.7 cm³/mol. The van der Waals surface area contributed by atoms with E-state index in [0.29, 0.717) is 16.7 Å². The van der Waals surface area contributed by atoms with Crippen molar-refractivity contribution >= 4 is 34.1 Å². The first-order valence-electron chi connectivity index (χ1n) is 5.43. The molecule has 0 aliphatic rings. The number of aromatic nitrogens is 3. The van der Waals surface area contributed by atoms with E-state index < -0.39 is 0 Å². The maximum atomic E-state index is 12.0. The van der Waals surface area contributed by atoms with Gasteiger partial charge in [-0.1, -0.05) is 18.7 Å². The van der Waals surface area contributed by atoms with Gasteiger partial charge in [-0.25, -0.2) is 15.0 Å². The van der Waals surface area contributed by atoms with Gasteiger partial charge in [0.1, 0.15) is 0 Å². The summed E-state index contributed by atoms with van der Waals surface area (Å²) in [6.45, 7) is 1.96. The SMILES string of the molecule is CCC(Sc1ncccn1)C(=O)Nc1nccs1. The van der Waals surface area contributed by atoms with Crippen molar-refractivity contribution in [3.8, 4) is 0 Å². The van der Waals surface area contributed by atoms with Crippen LogP contribution in [0.2, 0.25) is 0 Å². The number of carbonyl (C=O) groups is 1. The molecule has 0 aromatic carbocycles. The maximum Gasteiger partial charge on any atom is 0.239 e. The van der Waals surface area contributed by atoms with Crippen molar-refractivity contribution in [3.63, 3.8) is 0 Å². The fraction of sp³-hybridized carbons (Fsp3) is 0.273. The highest BCUT2D eigenvalue weighted by Gasteiger charge is 2.19. The number of anilines is 1. The van der Waals surface area contributed by atoms with Gasteiger partial charge in [0.15, 0.2) is 10.3 Å². The van der Waals surface area contributed by atoms with Crippen LogP contribution in [0.1, 0.15) is 13.3 Å². The molecule has 0 bridgehead atoms. The molecule has 7 heteroatoms. The Labute approximate surface area is 113 Å². The van der Waals surface area contributed by atoms with Crippen LogP contribution in [0.15, 0.2) is 35.2 Å². The van der Waals surface area contributed by atoms with Gasteiger partial charge in [-0.3, -0.25) is 4.79 Å². The fourth-order valence-corrected chi connectivity index (χ4v) is 2.63. The van der Waals surface area contributed by atoms with Gasteiger partial charge in [-0.2, -0.15) is 0 Å². The molecule has 94 valence electrons. The van der Waals surface area contributed by atoms with Crippen LogP contribution in [-0.4, -0.2) is 26.1 Å². The summed E-state index contributed by atoms with van der Waals surface area (Å²) in [6.07, 6.45) is 5.70. The minimum atomic E-state index is -0.212. The van der Waals surface area contributed by atoms with Crippen LogP contribution in [0.25, 0.3) is 0 Å². The van der Waals surface area contributed by atoms with Gasteiger partial charge >= 0.3 is 0 Å². The summed E-state index contributed by atoms with van der Waals surface area (Å²) in [5.74, 6) is -0.0649. The fourth-order valence-electron chi connectivity index (χ4n) is 1.27. The zero-order chi connectivity index (χ0) is 12.8. The highest BCUT2D eigenvalue weighted by molar-refractivity contribution is 8.00. The van der Waals surface area contributed by atoms with E-state index in [9.17, 15) is 4.79 Å². The lowest BCUT2D eigenvalue weighted by molar-refractivity contribution is -0.115. The predicted octanol–water partition coefficient (Wildman–Crippen LogP) is 2.44. The Balaban J connectivity index is 1.98. The lowest BCUT2D eigenvalue weighted by atomic mass is 10.3. The first kappa shape index (κ1) is 13.0. The van der Waals surface area contributed by atoms with Gasteiger partial charge < -0.3 is 5.32 Å². The van der Waals surface area contributed by atoms with E-state index in [-0.39, 0.29) is 11.2 Å². The third-order valence-electron chi connectivity index (χ3n) is 2.12. The van der Waals surface area contributed by atoms with Crippen LogP contribution in [0.3, 0.4) is 0 Å². The van der Waals surface area contributed by atoms with Gasteiger partial charge in [-0.15, -0.1) is 11.3 Å². The van der Waals surface area contributed by atoms with Crippen molar-refractivity contribution in [3.05, 3.63) is 30.0 Å². The molecule has 2 rings (SSSR count). The Kier molecular flexibility index (Phi) is 4.66. The molecule has 0 aliphatic heterocycles. The lowest BCUT2D eigenvalue weighted by Crippen LogP contribution is -2.24. The molecule has 2 aromatic rings. The topological polar surface area (TPSA) is 67.8 Å². The van der Waals surface area contributed by atoms with Crippen molar-refractivity contribution in [2.45, 2.75) is 23.8 Å². The van der Waals surface area contributed by atoms with Crippen molar-refractivity contribution in [2.75, 3.05) is 5.32 Å². The molecular formula is C11H12N4OS2. The van der Waals surface area contributed by atoms with Crippen molar-refractivity contribution in [1.29, 1.82) is 0 Å². The first-order valence-corrected chi connectivity index (χ1v) is 7.19. The lowest BCUT2D eigenvalue weighted by Gasteiger charge is -2.11. The Morgan fingerprint density at radius 1 is 1.39 bits per heavy atom. The first-order chi connectivity index (χ1) is 8.79. The van der Waals surface area contributed by atoms with Crippen LogP contribution in [0.5, 0.6) is 0 Å². The van der Waals surface area contributed by atoms with Crippen LogP contribution in [0.4, 0.5) is 5.13 Å². The van der Waals surface area contributed by atoms with E-state index in [4.69, 9.17) is 0 Å². The second kappa shape index (κ2) is 6.46. The van der Waals surface area contributed by atoms with Gasteiger partial charge in [0.05, 0.1) is 5.25 Å². The number of carbonyl (C=O) groups excluding carboxylic acids is 1. The molecule has 0 saturated carbocycles. The quantitative estimate of drug-likeness (QED) is 0.673. The largest absolute Gasteiger partial charge is 0.301 e. The number of amides is 1. The number of nitrogens with one attached hydrogen (secondary N) is 1. The summed E-state index contributed by atoms with van der Waals surface area (Å²) >= 11 is 2.76. The number of thioether (sulfide) groups is 1. The molecule has 0 saturated heterocycles. The molecule has 2 aromatic heterocycles. The van der Waals surface area contributed by atoms with Gasteiger partial charge in [-0.05, 0) is 12.5 Å². The highest BCUT2D eigenvalue weighted by atomic mass is 32.2. The number of rotatable bonds is 5. The number of nitrogens with zero attached hydrogens (tertiary/aromatic N) is 3. The molecule has 0 aliphatic carbocycles. The van der Waals surface area contributed by atoms with E-state index in [1.165, 1.54) is 23.1 Å². The molecule has 1 atom stereocenters. The Morgan fingerprint density at radius 2 is 2.17 bits per heavy atom. The van der Waals surface area contributed by atoms with Gasteiger partial charge in [0, 0.05) is 24.0 Å². The van der Waals surface area contributed by atoms with Crippen LogP contribution >= 0.6 is 23.1 Å². The molecular weight excluding hydrogens is 268 g/mol. The molecule has 1 amide bonds. The zero-order valence-corrected chi connectivity index (χ0v) is 11.4. The summed E-state index contributed by atoms with van der Waals surface area (Å²) in [7, 11) is 0. The Bertz CT molecular complexity index is 489. The highest BCUT2D eigenvalue weighted by Crippen LogP contribution is 2.23. The number of hydrogen-bond donors (Lipinski definition) is 1. The second-order valence-corrected chi connectivity index (χ2v) is 5.44. The summed E-state index contributed by atoms with van der Waals surface area (Å²) in [6, 6.07) is 1.75. The normalized spacial score (nSPS) is 12.1. The summed E-state index contributed by atoms with van der Waals surface area (Å²) in [5, 5.41) is 5.63. The summed E-state index contributed by atoms with van der Waals surface area (Å²) < 4.78 is 0. The van der Waals surface area contributed by atoms with E-state index >= 15 is 0 Å². The minimum Gasteiger partial charge on any atom is -0.301 e. The van der Waals surface area contributed by atoms with Crippen molar-refractivity contribution in [1.82, 2.24) is 15.0 Å². The second-order valence-electron chi connectivity index (χ2n) is 3.37. The molecule has 5 nitrogen and oxygen atoms in total. The smallest absolute Gasteiger partial charge is 0.239 e. The Morgan fingerprint density at radius 3 is 2.78 bits per heavy atom.